The minimum absolute atomic E-state index is 0.193. The molecule has 0 aliphatic heterocycles. The van der Waals surface area contributed by atoms with Crippen molar-refractivity contribution < 1.29 is 23.0 Å². The highest BCUT2D eigenvalue weighted by Crippen LogP contribution is 2.38. The van der Waals surface area contributed by atoms with Crippen molar-refractivity contribution in [3.8, 4) is 51.6 Å². The molecule has 0 saturated carbocycles. The summed E-state index contributed by atoms with van der Waals surface area (Å²) in [5.41, 5.74) is 2.90. The first-order chi connectivity index (χ1) is 17.2. The molecule has 0 saturated heterocycles. The van der Waals surface area contributed by atoms with E-state index in [9.17, 15) is 0 Å². The Morgan fingerprint density at radius 2 is 1.40 bits per heavy atom. The van der Waals surface area contributed by atoms with Gasteiger partial charge in [-0.05, 0) is 43.3 Å². The van der Waals surface area contributed by atoms with Crippen LogP contribution in [0.25, 0.3) is 34.4 Å². The van der Waals surface area contributed by atoms with Gasteiger partial charge in [-0.25, -0.2) is 4.98 Å². The third-order valence-electron chi connectivity index (χ3n) is 5.45. The number of aryl methyl sites for hydroxylation is 1. The second-order valence-corrected chi connectivity index (χ2v) is 7.63. The molecule has 0 fully saturated rings. The minimum Gasteiger partial charge on any atom is -0.493 e. The summed E-state index contributed by atoms with van der Waals surface area (Å²) in [4.78, 5) is 4.65. The van der Waals surface area contributed by atoms with Gasteiger partial charge in [0.1, 0.15) is 23.8 Å². The highest BCUT2D eigenvalue weighted by molar-refractivity contribution is 5.68. The lowest BCUT2D eigenvalue weighted by atomic mass is 10.2. The summed E-state index contributed by atoms with van der Waals surface area (Å²) in [5.74, 6) is 3.64. The third-order valence-corrected chi connectivity index (χ3v) is 5.45. The van der Waals surface area contributed by atoms with Crippen molar-refractivity contribution in [2.75, 3.05) is 14.2 Å². The number of ether oxygens (including phenoxy) is 3. The summed E-state index contributed by atoms with van der Waals surface area (Å²) >= 11 is 0. The van der Waals surface area contributed by atoms with Crippen LogP contribution in [0.4, 0.5) is 0 Å². The fourth-order valence-electron chi connectivity index (χ4n) is 3.68. The Balaban J connectivity index is 1.39. The Labute approximate surface area is 202 Å². The smallest absolute Gasteiger partial charge is 0.251 e. The summed E-state index contributed by atoms with van der Waals surface area (Å²) in [5, 5.41) is 8.40. The largest absolute Gasteiger partial charge is 0.493 e. The standard InChI is InChI=1S/C27H23N3O5/c1-17-21(28-26(34-17)20-13-9-15-23(31-2)24(20)32-3)16-33-22-14-8-7-12-19(22)27-30-29-25(35-27)18-10-5-4-6-11-18/h4-15H,16H2,1-3H3. The van der Waals surface area contributed by atoms with Gasteiger partial charge in [-0.15, -0.1) is 10.2 Å². The van der Waals surface area contributed by atoms with Crippen LogP contribution in [0.15, 0.2) is 81.6 Å². The van der Waals surface area contributed by atoms with Crippen molar-refractivity contribution in [1.29, 1.82) is 0 Å². The molecule has 0 bridgehead atoms. The van der Waals surface area contributed by atoms with Crippen LogP contribution in [0, 0.1) is 6.92 Å². The van der Waals surface area contributed by atoms with E-state index >= 15 is 0 Å². The molecule has 5 rings (SSSR count). The molecule has 0 spiro atoms. The van der Waals surface area contributed by atoms with Gasteiger partial charge < -0.3 is 23.0 Å². The van der Waals surface area contributed by atoms with Crippen molar-refractivity contribution >= 4 is 0 Å². The first-order valence-electron chi connectivity index (χ1n) is 11.0. The number of aromatic nitrogens is 3. The Bertz CT molecular complexity index is 1440. The molecule has 2 heterocycles. The zero-order valence-corrected chi connectivity index (χ0v) is 19.5. The second kappa shape index (κ2) is 9.72. The maximum Gasteiger partial charge on any atom is 0.251 e. The van der Waals surface area contributed by atoms with Gasteiger partial charge in [0.15, 0.2) is 11.5 Å². The summed E-state index contributed by atoms with van der Waals surface area (Å²) < 4.78 is 28.9. The lowest BCUT2D eigenvalue weighted by molar-refractivity contribution is 0.300. The summed E-state index contributed by atoms with van der Waals surface area (Å²) in [6.45, 7) is 2.04. The fourth-order valence-corrected chi connectivity index (χ4v) is 3.68. The van der Waals surface area contributed by atoms with Crippen LogP contribution in [0.3, 0.4) is 0 Å². The highest BCUT2D eigenvalue weighted by Gasteiger charge is 2.20. The Hall–Kier alpha value is -4.59. The lowest BCUT2D eigenvalue weighted by Gasteiger charge is -2.10. The molecular weight excluding hydrogens is 446 g/mol. The van der Waals surface area contributed by atoms with Crippen LogP contribution < -0.4 is 14.2 Å². The molecule has 0 aliphatic rings. The van der Waals surface area contributed by atoms with E-state index in [1.807, 2.05) is 79.7 Å². The number of oxazole rings is 1. The van der Waals surface area contributed by atoms with Crippen LogP contribution in [0.1, 0.15) is 11.5 Å². The molecule has 0 unspecified atom stereocenters. The molecule has 0 amide bonds. The number of benzene rings is 3. The molecule has 0 N–H and O–H groups in total. The molecule has 8 heteroatoms. The fraction of sp³-hybridized carbons (Fsp3) is 0.148. The summed E-state index contributed by atoms with van der Waals surface area (Å²) in [6, 6.07) is 22.7. The topological polar surface area (TPSA) is 92.6 Å². The number of hydrogen-bond donors (Lipinski definition) is 0. The van der Waals surface area contributed by atoms with E-state index in [0.29, 0.717) is 57.5 Å². The molecular formula is C27H23N3O5. The molecule has 3 aromatic carbocycles. The zero-order valence-electron chi connectivity index (χ0n) is 19.5. The molecule has 35 heavy (non-hydrogen) atoms. The van der Waals surface area contributed by atoms with Gasteiger partial charge >= 0.3 is 0 Å². The number of methoxy groups -OCH3 is 2. The van der Waals surface area contributed by atoms with Crippen LogP contribution in [-0.4, -0.2) is 29.4 Å². The molecule has 0 radical (unpaired) electrons. The van der Waals surface area contributed by atoms with E-state index in [4.69, 9.17) is 23.0 Å². The maximum absolute atomic E-state index is 6.12. The van der Waals surface area contributed by atoms with Gasteiger partial charge in [0.2, 0.25) is 11.8 Å². The van der Waals surface area contributed by atoms with Crippen LogP contribution >= 0.6 is 0 Å². The second-order valence-electron chi connectivity index (χ2n) is 7.63. The van der Waals surface area contributed by atoms with E-state index in [0.717, 1.165) is 5.56 Å². The van der Waals surface area contributed by atoms with E-state index in [-0.39, 0.29) is 6.61 Å². The number of rotatable bonds is 8. The lowest BCUT2D eigenvalue weighted by Crippen LogP contribution is -1.99. The van der Waals surface area contributed by atoms with Gasteiger partial charge in [0, 0.05) is 5.56 Å². The van der Waals surface area contributed by atoms with Crippen molar-refractivity contribution in [1.82, 2.24) is 15.2 Å². The number of hydrogen-bond acceptors (Lipinski definition) is 8. The van der Waals surface area contributed by atoms with Crippen molar-refractivity contribution in [2.24, 2.45) is 0 Å². The average Bonchev–Trinajstić information content (AvgIpc) is 3.54. The quantitative estimate of drug-likeness (QED) is 0.275. The van der Waals surface area contributed by atoms with Gasteiger partial charge in [-0.3, -0.25) is 0 Å². The highest BCUT2D eigenvalue weighted by atomic mass is 16.5. The van der Waals surface area contributed by atoms with Crippen molar-refractivity contribution in [2.45, 2.75) is 13.5 Å². The molecule has 5 aromatic rings. The predicted molar refractivity (Wildman–Crippen MR) is 129 cm³/mol. The molecule has 0 aliphatic carbocycles. The number of nitrogens with zero attached hydrogens (tertiary/aromatic N) is 3. The monoisotopic (exact) mass is 469 g/mol. The van der Waals surface area contributed by atoms with Gasteiger partial charge in [0.05, 0.1) is 25.3 Å². The Morgan fingerprint density at radius 1 is 0.686 bits per heavy atom. The van der Waals surface area contributed by atoms with Crippen LogP contribution in [0.2, 0.25) is 0 Å². The van der Waals surface area contributed by atoms with Crippen molar-refractivity contribution in [3.63, 3.8) is 0 Å². The molecule has 0 atom stereocenters. The van der Waals surface area contributed by atoms with Gasteiger partial charge in [0.25, 0.3) is 5.89 Å². The predicted octanol–water partition coefficient (Wildman–Crippen LogP) is 5.96. The Morgan fingerprint density at radius 3 is 2.20 bits per heavy atom. The maximum atomic E-state index is 6.12. The van der Waals surface area contributed by atoms with Crippen LogP contribution in [-0.2, 0) is 6.61 Å². The molecule has 176 valence electrons. The molecule has 2 aromatic heterocycles. The van der Waals surface area contributed by atoms with E-state index in [1.165, 1.54) is 0 Å². The first-order valence-corrected chi connectivity index (χ1v) is 11.0. The zero-order chi connectivity index (χ0) is 24.2. The minimum atomic E-state index is 0.193. The summed E-state index contributed by atoms with van der Waals surface area (Å²) in [6.07, 6.45) is 0. The summed E-state index contributed by atoms with van der Waals surface area (Å²) in [7, 11) is 3.17. The normalized spacial score (nSPS) is 10.8. The van der Waals surface area contributed by atoms with Crippen LogP contribution in [0.5, 0.6) is 17.2 Å². The van der Waals surface area contributed by atoms with E-state index in [2.05, 4.69) is 15.2 Å². The van der Waals surface area contributed by atoms with Crippen molar-refractivity contribution in [3.05, 3.63) is 84.3 Å². The van der Waals surface area contributed by atoms with E-state index in [1.54, 1.807) is 14.2 Å². The SMILES string of the molecule is COc1cccc(-c2nc(COc3ccccc3-c3nnc(-c4ccccc4)o3)c(C)o2)c1OC. The molecule has 8 nitrogen and oxygen atoms in total. The third kappa shape index (κ3) is 4.46. The van der Waals surface area contributed by atoms with Gasteiger partial charge in [-0.2, -0.15) is 0 Å². The number of para-hydroxylation sites is 2. The Kier molecular flexibility index (Phi) is 6.17. The first kappa shape index (κ1) is 22.2. The van der Waals surface area contributed by atoms with E-state index < -0.39 is 0 Å². The average molecular weight is 469 g/mol. The van der Waals surface area contributed by atoms with Gasteiger partial charge in [-0.1, -0.05) is 36.4 Å².